The lowest BCUT2D eigenvalue weighted by atomic mass is 9.71. The number of aromatic nitrogens is 3. The standard InChI is InChI=1S/C47H57FN10O4/c1-46(2,48)30-57-16-11-36-35-5-3-4-6-37(35)51-41(36)42(57)32-26-49-45(50-27-32)55-19-14-47(15-20-55)12-17-53(18-13-47)21-22-54-23-24-56(29-40(54)60)33-7-8-34-31(25-33)28-58(44(34)62)38-9-10-39(59)52-43(38)61/h3-8,25-27,38,42,51H,9-24,28-30H2,1-2H3,(H,52,59,61)/t38?,42-/m1/s1. The highest BCUT2D eigenvalue weighted by Gasteiger charge is 2.41. The highest BCUT2D eigenvalue weighted by molar-refractivity contribution is 6.05. The molecule has 0 bridgehead atoms. The predicted octanol–water partition coefficient (Wildman–Crippen LogP) is 4.45. The number of H-pyrrole nitrogens is 1. The lowest BCUT2D eigenvalue weighted by molar-refractivity contribution is -0.137. The Morgan fingerprint density at radius 3 is 2.34 bits per heavy atom. The third-order valence-corrected chi connectivity index (χ3v) is 14.6. The fourth-order valence-electron chi connectivity index (χ4n) is 11.1. The average molecular weight is 845 g/mol. The first-order chi connectivity index (χ1) is 29.9. The van der Waals surface area contributed by atoms with E-state index in [0.29, 0.717) is 50.1 Å². The summed E-state index contributed by atoms with van der Waals surface area (Å²) in [5.74, 6) is -0.0431. The monoisotopic (exact) mass is 844 g/mol. The maximum absolute atomic E-state index is 15.1. The Kier molecular flexibility index (Phi) is 10.5. The lowest BCUT2D eigenvalue weighted by Gasteiger charge is -2.47. The topological polar surface area (TPSA) is 141 Å². The molecule has 1 spiro atoms. The number of hydrogen-bond acceptors (Lipinski definition) is 10. The van der Waals surface area contributed by atoms with Gasteiger partial charge < -0.3 is 29.5 Å². The van der Waals surface area contributed by atoms with E-state index in [1.165, 1.54) is 10.9 Å². The number of hydrogen-bond donors (Lipinski definition) is 2. The number of likely N-dealkylation sites (tertiary alicyclic amines) is 1. The fourth-order valence-corrected chi connectivity index (χ4v) is 11.1. The molecule has 14 nitrogen and oxygen atoms in total. The van der Waals surface area contributed by atoms with Crippen molar-refractivity contribution in [3.05, 3.63) is 82.8 Å². The van der Waals surface area contributed by atoms with Gasteiger partial charge in [-0.1, -0.05) is 18.2 Å². The minimum atomic E-state index is -1.33. The third kappa shape index (κ3) is 7.82. The Morgan fingerprint density at radius 2 is 1.60 bits per heavy atom. The molecule has 2 aromatic heterocycles. The first-order valence-corrected chi connectivity index (χ1v) is 22.5. The van der Waals surface area contributed by atoms with Crippen LogP contribution in [0, 0.1) is 5.41 Å². The number of benzene rings is 2. The van der Waals surface area contributed by atoms with Gasteiger partial charge in [-0.3, -0.25) is 29.4 Å². The number of rotatable bonds is 9. The quantitative estimate of drug-likeness (QED) is 0.233. The van der Waals surface area contributed by atoms with Crippen LogP contribution in [0.4, 0.5) is 16.0 Å². The maximum Gasteiger partial charge on any atom is 0.255 e. The first-order valence-electron chi connectivity index (χ1n) is 22.5. The van der Waals surface area contributed by atoms with Crippen molar-refractivity contribution in [1.82, 2.24) is 39.9 Å². The van der Waals surface area contributed by atoms with Crippen LogP contribution in [0.1, 0.15) is 91.2 Å². The molecular weight excluding hydrogens is 788 g/mol. The van der Waals surface area contributed by atoms with Crippen LogP contribution >= 0.6 is 0 Å². The number of para-hydroxylation sites is 1. The van der Waals surface area contributed by atoms with E-state index in [-0.39, 0.29) is 36.7 Å². The Balaban J connectivity index is 0.695. The Morgan fingerprint density at radius 1 is 0.839 bits per heavy atom. The van der Waals surface area contributed by atoms with E-state index in [1.807, 2.05) is 35.5 Å². The molecule has 10 rings (SSSR count). The number of nitrogens with zero attached hydrogens (tertiary/aromatic N) is 8. The summed E-state index contributed by atoms with van der Waals surface area (Å²) in [7, 11) is 0. The zero-order valence-corrected chi connectivity index (χ0v) is 35.9. The number of aromatic amines is 1. The van der Waals surface area contributed by atoms with Crippen LogP contribution in [0.2, 0.25) is 0 Å². The van der Waals surface area contributed by atoms with E-state index < -0.39 is 17.6 Å². The fraction of sp³-hybridized carbons (Fsp3) is 0.532. The number of fused-ring (bicyclic) bond motifs is 4. The van der Waals surface area contributed by atoms with Gasteiger partial charge in [-0.05, 0) is 106 Å². The predicted molar refractivity (Wildman–Crippen MR) is 233 cm³/mol. The number of imide groups is 1. The minimum Gasteiger partial charge on any atom is -0.360 e. The summed E-state index contributed by atoms with van der Waals surface area (Å²) in [6, 6.07) is 13.3. The molecule has 0 saturated carbocycles. The molecule has 6 aliphatic heterocycles. The molecule has 2 atom stereocenters. The molecule has 4 aromatic rings. The number of nitrogens with one attached hydrogen (secondary N) is 2. The third-order valence-electron chi connectivity index (χ3n) is 14.6. The molecule has 2 aromatic carbocycles. The van der Waals surface area contributed by atoms with Gasteiger partial charge >= 0.3 is 0 Å². The van der Waals surface area contributed by atoms with Crippen LogP contribution in [0.3, 0.4) is 0 Å². The SMILES string of the molecule is CC(C)(F)CN1CCc2c([nH]c3ccccc23)[C@H]1c1cnc(N2CCC3(CCN(CCN4CCN(c5ccc6c(c5)CN(C5CCC(=O)NC5=O)C6=O)CC4=O)CC3)CC2)nc1. The van der Waals surface area contributed by atoms with Gasteiger partial charge in [-0.15, -0.1) is 0 Å². The summed E-state index contributed by atoms with van der Waals surface area (Å²) in [5.41, 5.74) is 5.82. The summed E-state index contributed by atoms with van der Waals surface area (Å²) in [4.78, 5) is 76.9. The van der Waals surface area contributed by atoms with E-state index >= 15 is 4.39 Å². The van der Waals surface area contributed by atoms with Gasteiger partial charge in [0.05, 0.1) is 12.6 Å². The van der Waals surface area contributed by atoms with E-state index in [0.717, 1.165) is 105 Å². The second-order valence-electron chi connectivity index (χ2n) is 19.1. The molecule has 8 heterocycles. The normalized spacial score (nSPS) is 23.7. The van der Waals surface area contributed by atoms with Gasteiger partial charge in [0.15, 0.2) is 0 Å². The van der Waals surface area contributed by atoms with Crippen LogP contribution < -0.4 is 15.1 Å². The zero-order valence-electron chi connectivity index (χ0n) is 35.9. The largest absolute Gasteiger partial charge is 0.360 e. The molecule has 62 heavy (non-hydrogen) atoms. The van der Waals surface area contributed by atoms with Crippen LogP contribution in [0.25, 0.3) is 10.9 Å². The maximum atomic E-state index is 15.1. The number of alkyl halides is 1. The summed E-state index contributed by atoms with van der Waals surface area (Å²) < 4.78 is 15.1. The van der Waals surface area contributed by atoms with Gasteiger partial charge in [0.1, 0.15) is 11.7 Å². The van der Waals surface area contributed by atoms with Crippen molar-refractivity contribution in [3.8, 4) is 0 Å². The number of carbonyl (C=O) groups excluding carboxylic acids is 4. The number of anilines is 2. The van der Waals surface area contributed by atoms with E-state index in [4.69, 9.17) is 9.97 Å². The van der Waals surface area contributed by atoms with Gasteiger partial charge in [0, 0.05) is 111 Å². The van der Waals surface area contributed by atoms with Crippen LogP contribution in [0.15, 0.2) is 54.9 Å². The van der Waals surface area contributed by atoms with Gasteiger partial charge in [0.2, 0.25) is 23.7 Å². The van der Waals surface area contributed by atoms with Crippen molar-refractivity contribution in [2.24, 2.45) is 5.41 Å². The highest BCUT2D eigenvalue weighted by atomic mass is 19.1. The summed E-state index contributed by atoms with van der Waals surface area (Å²) in [6.45, 7) is 11.9. The van der Waals surface area contributed by atoms with Crippen LogP contribution in [-0.2, 0) is 27.3 Å². The molecule has 0 radical (unpaired) electrons. The van der Waals surface area contributed by atoms with Crippen molar-refractivity contribution >= 4 is 46.2 Å². The molecule has 15 heteroatoms. The second-order valence-corrected chi connectivity index (χ2v) is 19.1. The average Bonchev–Trinajstić information content (AvgIpc) is 3.80. The second kappa shape index (κ2) is 16.1. The summed E-state index contributed by atoms with van der Waals surface area (Å²) in [6.07, 6.45) is 9.85. The van der Waals surface area contributed by atoms with E-state index in [1.54, 1.807) is 24.8 Å². The number of amides is 4. The molecular formula is C47H57FN10O4. The van der Waals surface area contributed by atoms with Crippen molar-refractivity contribution in [1.29, 1.82) is 0 Å². The van der Waals surface area contributed by atoms with Crippen molar-refractivity contribution < 1.29 is 23.6 Å². The number of piperazine rings is 1. The molecule has 6 aliphatic rings. The summed E-state index contributed by atoms with van der Waals surface area (Å²) >= 11 is 0. The van der Waals surface area contributed by atoms with Crippen molar-refractivity contribution in [3.63, 3.8) is 0 Å². The van der Waals surface area contributed by atoms with Crippen molar-refractivity contribution in [2.45, 2.75) is 83.1 Å². The smallest absolute Gasteiger partial charge is 0.255 e. The molecule has 4 fully saturated rings. The number of carbonyl (C=O) groups is 4. The van der Waals surface area contributed by atoms with Crippen LogP contribution in [0.5, 0.6) is 0 Å². The molecule has 2 N–H and O–H groups in total. The summed E-state index contributed by atoms with van der Waals surface area (Å²) in [5, 5.41) is 3.59. The van der Waals surface area contributed by atoms with Gasteiger partial charge in [0.25, 0.3) is 5.91 Å². The van der Waals surface area contributed by atoms with Crippen molar-refractivity contribution in [2.75, 3.05) is 81.8 Å². The minimum absolute atomic E-state index is 0.108. The number of halogens is 1. The van der Waals surface area contributed by atoms with E-state index in [9.17, 15) is 19.2 Å². The van der Waals surface area contributed by atoms with Crippen LogP contribution in [-0.4, -0.2) is 142 Å². The molecule has 1 unspecified atom stereocenters. The Labute approximate surface area is 361 Å². The molecule has 4 saturated heterocycles. The van der Waals surface area contributed by atoms with Gasteiger partial charge in [-0.2, -0.15) is 0 Å². The van der Waals surface area contributed by atoms with E-state index in [2.05, 4.69) is 48.1 Å². The highest BCUT2D eigenvalue weighted by Crippen LogP contribution is 2.43. The number of piperidine rings is 3. The molecule has 326 valence electrons. The Bertz CT molecular complexity index is 2380. The first kappa shape index (κ1) is 40.6. The lowest BCUT2D eigenvalue weighted by Crippen LogP contribution is -2.53. The Hall–Kier alpha value is -5.41. The molecule has 4 amide bonds. The molecule has 0 aliphatic carbocycles. The zero-order chi connectivity index (χ0) is 42.8. The van der Waals surface area contributed by atoms with Gasteiger partial charge in [-0.25, -0.2) is 14.4 Å².